The molecule has 0 unspecified atom stereocenters. The second kappa shape index (κ2) is 5.74. The summed E-state index contributed by atoms with van der Waals surface area (Å²) in [6.07, 6.45) is 1.71. The van der Waals surface area contributed by atoms with Crippen LogP contribution in [0.25, 0.3) is 0 Å². The van der Waals surface area contributed by atoms with Crippen LogP contribution in [0.2, 0.25) is 5.02 Å². The van der Waals surface area contributed by atoms with E-state index < -0.39 is 0 Å². The number of benzene rings is 1. The number of aryl methyl sites for hydroxylation is 1. The van der Waals surface area contributed by atoms with Gasteiger partial charge in [-0.3, -0.25) is 0 Å². The molecule has 0 spiro atoms. The molecule has 0 fully saturated rings. The van der Waals surface area contributed by atoms with Crippen LogP contribution >= 0.6 is 11.6 Å². The van der Waals surface area contributed by atoms with Gasteiger partial charge in [0.05, 0.1) is 5.02 Å². The molecule has 0 saturated carbocycles. The summed E-state index contributed by atoms with van der Waals surface area (Å²) in [5, 5.41) is 3.74. The van der Waals surface area contributed by atoms with Gasteiger partial charge >= 0.3 is 0 Å². The Morgan fingerprint density at radius 2 is 2.11 bits per heavy atom. The fraction of sp³-hybridized carbons (Fsp3) is 0.214. The van der Waals surface area contributed by atoms with Crippen LogP contribution in [0.1, 0.15) is 12.5 Å². The minimum Gasteiger partial charge on any atom is -0.456 e. The first-order valence-electron chi connectivity index (χ1n) is 5.83. The highest BCUT2D eigenvalue weighted by Crippen LogP contribution is 2.30. The number of nitrogens with one attached hydrogen (secondary N) is 1. The second-order valence-corrected chi connectivity index (χ2v) is 4.35. The number of anilines is 1. The molecule has 0 atom stereocenters. The number of pyridine rings is 1. The zero-order chi connectivity index (χ0) is 13.0. The maximum Gasteiger partial charge on any atom is 0.146 e. The van der Waals surface area contributed by atoms with Gasteiger partial charge in [-0.1, -0.05) is 17.7 Å². The van der Waals surface area contributed by atoms with Crippen molar-refractivity contribution in [2.45, 2.75) is 13.8 Å². The molecule has 18 heavy (non-hydrogen) atoms. The van der Waals surface area contributed by atoms with E-state index in [0.29, 0.717) is 16.5 Å². The molecule has 1 aromatic heterocycles. The highest BCUT2D eigenvalue weighted by molar-refractivity contribution is 6.32. The summed E-state index contributed by atoms with van der Waals surface area (Å²) in [4.78, 5) is 4.19. The maximum atomic E-state index is 6.09. The highest BCUT2D eigenvalue weighted by atomic mass is 35.5. The molecule has 94 valence electrons. The summed E-state index contributed by atoms with van der Waals surface area (Å²) in [5.41, 5.74) is 1.11. The zero-order valence-electron chi connectivity index (χ0n) is 10.4. The molecular weight excluding hydrogens is 248 g/mol. The monoisotopic (exact) mass is 262 g/mol. The zero-order valence-corrected chi connectivity index (χ0v) is 11.2. The van der Waals surface area contributed by atoms with E-state index in [4.69, 9.17) is 16.3 Å². The highest BCUT2D eigenvalue weighted by Gasteiger charge is 2.04. The molecule has 0 bridgehead atoms. The third-order valence-corrected chi connectivity index (χ3v) is 2.72. The van der Waals surface area contributed by atoms with Gasteiger partial charge < -0.3 is 10.1 Å². The SMILES string of the molecule is CCNc1cc(Oc2cc(C)ccc2Cl)ccn1. The predicted molar refractivity (Wildman–Crippen MR) is 74.7 cm³/mol. The van der Waals surface area contributed by atoms with Crippen LogP contribution in [-0.4, -0.2) is 11.5 Å². The summed E-state index contributed by atoms with van der Waals surface area (Å²) < 4.78 is 5.77. The Bertz CT molecular complexity index is 543. The molecule has 0 aliphatic rings. The van der Waals surface area contributed by atoms with Crippen LogP contribution in [0.5, 0.6) is 11.5 Å². The van der Waals surface area contributed by atoms with Gasteiger partial charge in [-0.25, -0.2) is 4.98 Å². The first-order valence-corrected chi connectivity index (χ1v) is 6.21. The Morgan fingerprint density at radius 1 is 1.28 bits per heavy atom. The van der Waals surface area contributed by atoms with E-state index in [9.17, 15) is 0 Å². The summed E-state index contributed by atoms with van der Waals surface area (Å²) in [6, 6.07) is 9.35. The number of hydrogen-bond donors (Lipinski definition) is 1. The van der Waals surface area contributed by atoms with Crippen LogP contribution in [-0.2, 0) is 0 Å². The Hall–Kier alpha value is -1.74. The third-order valence-electron chi connectivity index (χ3n) is 2.40. The first-order chi connectivity index (χ1) is 8.69. The summed E-state index contributed by atoms with van der Waals surface area (Å²) >= 11 is 6.09. The smallest absolute Gasteiger partial charge is 0.146 e. The van der Waals surface area contributed by atoms with Crippen LogP contribution < -0.4 is 10.1 Å². The lowest BCUT2D eigenvalue weighted by Gasteiger charge is -2.09. The second-order valence-electron chi connectivity index (χ2n) is 3.94. The van der Waals surface area contributed by atoms with E-state index in [0.717, 1.165) is 17.9 Å². The fourth-order valence-electron chi connectivity index (χ4n) is 1.57. The Morgan fingerprint density at radius 3 is 2.89 bits per heavy atom. The summed E-state index contributed by atoms with van der Waals surface area (Å²) in [5.74, 6) is 2.16. The van der Waals surface area contributed by atoms with Gasteiger partial charge in [0.2, 0.25) is 0 Å². The molecule has 0 amide bonds. The standard InChI is InChI=1S/C14H15ClN2O/c1-3-16-14-9-11(6-7-17-14)18-13-8-10(2)4-5-12(13)15/h4-9H,3H2,1-2H3,(H,16,17). The minimum absolute atomic E-state index is 0.599. The largest absolute Gasteiger partial charge is 0.456 e. The normalized spacial score (nSPS) is 10.2. The summed E-state index contributed by atoms with van der Waals surface area (Å²) in [7, 11) is 0. The van der Waals surface area contributed by atoms with Gasteiger partial charge in [0, 0.05) is 18.8 Å². The Kier molecular flexibility index (Phi) is 4.05. The Labute approximate surface area is 112 Å². The van der Waals surface area contributed by atoms with Crippen molar-refractivity contribution in [3.63, 3.8) is 0 Å². The molecular formula is C14H15ClN2O. The molecule has 1 heterocycles. The number of rotatable bonds is 4. The van der Waals surface area contributed by atoms with Crippen molar-refractivity contribution in [2.24, 2.45) is 0 Å². The number of aromatic nitrogens is 1. The van der Waals surface area contributed by atoms with Crippen molar-refractivity contribution in [1.29, 1.82) is 0 Å². The lowest BCUT2D eigenvalue weighted by Crippen LogP contribution is -1.98. The van der Waals surface area contributed by atoms with Crippen LogP contribution in [0.4, 0.5) is 5.82 Å². The molecule has 0 aliphatic heterocycles. The number of halogens is 1. The molecule has 3 nitrogen and oxygen atoms in total. The van der Waals surface area contributed by atoms with Crippen molar-refractivity contribution < 1.29 is 4.74 Å². The van der Waals surface area contributed by atoms with E-state index in [2.05, 4.69) is 10.3 Å². The maximum absolute atomic E-state index is 6.09. The Balaban J connectivity index is 2.22. The van der Waals surface area contributed by atoms with Gasteiger partial charge in [-0.2, -0.15) is 0 Å². The van der Waals surface area contributed by atoms with Gasteiger partial charge in [0.15, 0.2) is 0 Å². The van der Waals surface area contributed by atoms with E-state index >= 15 is 0 Å². The van der Waals surface area contributed by atoms with E-state index in [-0.39, 0.29) is 0 Å². The van der Waals surface area contributed by atoms with E-state index in [1.54, 1.807) is 12.3 Å². The van der Waals surface area contributed by atoms with Crippen LogP contribution in [0, 0.1) is 6.92 Å². The van der Waals surface area contributed by atoms with Crippen molar-refractivity contribution in [3.8, 4) is 11.5 Å². The molecule has 0 aliphatic carbocycles. The van der Waals surface area contributed by atoms with E-state index in [1.807, 2.05) is 38.1 Å². The molecule has 4 heteroatoms. The molecule has 1 N–H and O–H groups in total. The van der Waals surface area contributed by atoms with Crippen LogP contribution in [0.3, 0.4) is 0 Å². The van der Waals surface area contributed by atoms with Gasteiger partial charge in [-0.15, -0.1) is 0 Å². The average molecular weight is 263 g/mol. The molecule has 0 saturated heterocycles. The minimum atomic E-state index is 0.599. The topological polar surface area (TPSA) is 34.1 Å². The lowest BCUT2D eigenvalue weighted by atomic mass is 10.2. The van der Waals surface area contributed by atoms with Gasteiger partial charge in [0.1, 0.15) is 17.3 Å². The van der Waals surface area contributed by atoms with Crippen molar-refractivity contribution in [1.82, 2.24) is 4.98 Å². The molecule has 2 rings (SSSR count). The number of nitrogens with zero attached hydrogens (tertiary/aromatic N) is 1. The predicted octanol–water partition coefficient (Wildman–Crippen LogP) is 4.27. The van der Waals surface area contributed by atoms with Crippen molar-refractivity contribution in [3.05, 3.63) is 47.1 Å². The van der Waals surface area contributed by atoms with Crippen molar-refractivity contribution in [2.75, 3.05) is 11.9 Å². The summed E-state index contributed by atoms with van der Waals surface area (Å²) in [6.45, 7) is 4.84. The van der Waals surface area contributed by atoms with E-state index in [1.165, 1.54) is 0 Å². The third kappa shape index (κ3) is 3.14. The fourth-order valence-corrected chi connectivity index (χ4v) is 1.72. The molecule has 1 aromatic carbocycles. The van der Waals surface area contributed by atoms with Gasteiger partial charge in [0.25, 0.3) is 0 Å². The lowest BCUT2D eigenvalue weighted by molar-refractivity contribution is 0.482. The van der Waals surface area contributed by atoms with Crippen LogP contribution in [0.15, 0.2) is 36.5 Å². The quantitative estimate of drug-likeness (QED) is 0.894. The first kappa shape index (κ1) is 12.7. The van der Waals surface area contributed by atoms with Crippen molar-refractivity contribution >= 4 is 17.4 Å². The number of hydrogen-bond acceptors (Lipinski definition) is 3. The average Bonchev–Trinajstić information content (AvgIpc) is 2.35. The molecule has 2 aromatic rings. The molecule has 0 radical (unpaired) electrons. The van der Waals surface area contributed by atoms with Gasteiger partial charge in [-0.05, 0) is 37.6 Å². The number of ether oxygens (including phenoxy) is 1.